The van der Waals surface area contributed by atoms with Crippen LogP contribution in [0.25, 0.3) is 0 Å². The lowest BCUT2D eigenvalue weighted by Gasteiger charge is -2.30. The Morgan fingerprint density at radius 3 is 3.16 bits per heavy atom. The first-order chi connectivity index (χ1) is 9.31. The van der Waals surface area contributed by atoms with Crippen LogP contribution in [-0.2, 0) is 12.8 Å². The van der Waals surface area contributed by atoms with Crippen LogP contribution in [0.4, 0.5) is 0 Å². The number of hydrogen-bond acceptors (Lipinski definition) is 5. The van der Waals surface area contributed by atoms with Crippen LogP contribution in [0.2, 0.25) is 0 Å². The van der Waals surface area contributed by atoms with Gasteiger partial charge in [0, 0.05) is 19.4 Å². The summed E-state index contributed by atoms with van der Waals surface area (Å²) in [6.07, 6.45) is 5.48. The molecule has 1 aliphatic heterocycles. The first-order valence-corrected chi connectivity index (χ1v) is 7.50. The van der Waals surface area contributed by atoms with Crippen molar-refractivity contribution in [3.8, 4) is 0 Å². The number of piperidine rings is 1. The van der Waals surface area contributed by atoms with Crippen molar-refractivity contribution < 1.29 is 4.52 Å². The third-order valence-corrected chi connectivity index (χ3v) is 3.85. The van der Waals surface area contributed by atoms with Crippen LogP contribution in [0.15, 0.2) is 4.52 Å². The predicted molar refractivity (Wildman–Crippen MR) is 75.1 cm³/mol. The van der Waals surface area contributed by atoms with Crippen LogP contribution < -0.4 is 5.32 Å². The van der Waals surface area contributed by atoms with Crippen LogP contribution in [-0.4, -0.2) is 48.3 Å². The molecule has 0 aliphatic carbocycles. The van der Waals surface area contributed by atoms with E-state index in [4.69, 9.17) is 4.52 Å². The minimum atomic E-state index is 0.680. The summed E-state index contributed by atoms with van der Waals surface area (Å²) in [6, 6.07) is 0. The van der Waals surface area contributed by atoms with E-state index in [1.807, 2.05) is 7.05 Å². The van der Waals surface area contributed by atoms with E-state index in [2.05, 4.69) is 27.3 Å². The molecule has 1 aliphatic rings. The van der Waals surface area contributed by atoms with Crippen molar-refractivity contribution in [3.05, 3.63) is 11.7 Å². The Balaban J connectivity index is 1.78. The highest BCUT2D eigenvalue weighted by atomic mass is 16.5. The first-order valence-electron chi connectivity index (χ1n) is 7.50. The first kappa shape index (κ1) is 14.5. The summed E-state index contributed by atoms with van der Waals surface area (Å²) in [6.45, 7) is 6.79. The highest BCUT2D eigenvalue weighted by Crippen LogP contribution is 2.20. The summed E-state index contributed by atoms with van der Waals surface area (Å²) in [5.41, 5.74) is 0. The van der Waals surface area contributed by atoms with Gasteiger partial charge in [0.05, 0.1) is 0 Å². The van der Waals surface area contributed by atoms with E-state index in [1.165, 1.54) is 25.9 Å². The van der Waals surface area contributed by atoms with Crippen molar-refractivity contribution in [1.82, 2.24) is 20.4 Å². The van der Waals surface area contributed by atoms with Crippen molar-refractivity contribution in [3.63, 3.8) is 0 Å². The maximum absolute atomic E-state index is 5.37. The molecule has 2 rings (SSSR count). The van der Waals surface area contributed by atoms with Crippen molar-refractivity contribution >= 4 is 0 Å². The average molecular weight is 266 g/mol. The molecule has 0 amide bonds. The molecule has 1 aromatic heterocycles. The van der Waals surface area contributed by atoms with Gasteiger partial charge in [0.1, 0.15) is 0 Å². The molecule has 1 aromatic rings. The molecule has 1 unspecified atom stereocenters. The predicted octanol–water partition coefficient (Wildman–Crippen LogP) is 1.50. The number of aryl methyl sites for hydroxylation is 1. The lowest BCUT2D eigenvalue weighted by Crippen LogP contribution is -2.35. The summed E-state index contributed by atoms with van der Waals surface area (Å²) in [4.78, 5) is 7.02. The van der Waals surface area contributed by atoms with Crippen LogP contribution in [0.1, 0.15) is 37.9 Å². The molecule has 0 spiro atoms. The lowest BCUT2D eigenvalue weighted by atomic mass is 9.95. The molecule has 2 heterocycles. The van der Waals surface area contributed by atoms with Gasteiger partial charge in [0.2, 0.25) is 5.89 Å². The van der Waals surface area contributed by atoms with Crippen molar-refractivity contribution in [1.29, 1.82) is 0 Å². The fourth-order valence-corrected chi connectivity index (χ4v) is 2.75. The van der Waals surface area contributed by atoms with Crippen molar-refractivity contribution in [2.75, 3.05) is 33.2 Å². The molecule has 0 radical (unpaired) electrons. The van der Waals surface area contributed by atoms with Gasteiger partial charge >= 0.3 is 0 Å². The Bertz CT molecular complexity index is 366. The quantitative estimate of drug-likeness (QED) is 0.758. The molecule has 0 saturated carbocycles. The summed E-state index contributed by atoms with van der Waals surface area (Å²) >= 11 is 0. The second-order valence-electron chi connectivity index (χ2n) is 5.42. The van der Waals surface area contributed by atoms with Gasteiger partial charge in [-0.15, -0.1) is 0 Å². The molecule has 1 atom stereocenters. The van der Waals surface area contributed by atoms with Crippen molar-refractivity contribution in [2.24, 2.45) is 5.92 Å². The van der Waals surface area contributed by atoms with E-state index >= 15 is 0 Å². The lowest BCUT2D eigenvalue weighted by molar-refractivity contribution is 0.174. The van der Waals surface area contributed by atoms with Gasteiger partial charge in [-0.25, -0.2) is 0 Å². The van der Waals surface area contributed by atoms with E-state index in [9.17, 15) is 0 Å². The monoisotopic (exact) mass is 266 g/mol. The molecule has 1 saturated heterocycles. The molecule has 5 nitrogen and oxygen atoms in total. The maximum atomic E-state index is 5.37. The zero-order valence-corrected chi connectivity index (χ0v) is 12.2. The summed E-state index contributed by atoms with van der Waals surface area (Å²) in [5.74, 6) is 2.36. The minimum Gasteiger partial charge on any atom is -0.339 e. The van der Waals surface area contributed by atoms with E-state index in [-0.39, 0.29) is 0 Å². The van der Waals surface area contributed by atoms with Crippen LogP contribution in [0.3, 0.4) is 0 Å². The molecule has 108 valence electrons. The molecular formula is C14H26N4O. The Kier molecular flexibility index (Phi) is 5.79. The third kappa shape index (κ3) is 4.58. The van der Waals surface area contributed by atoms with Gasteiger partial charge in [-0.05, 0) is 51.9 Å². The SMILES string of the molecule is CCN1CCCC(Cc2nc(CCCNC)no2)C1. The highest BCUT2D eigenvalue weighted by Gasteiger charge is 2.21. The van der Waals surface area contributed by atoms with Gasteiger partial charge in [-0.1, -0.05) is 12.1 Å². The number of likely N-dealkylation sites (tertiary alicyclic amines) is 1. The van der Waals surface area contributed by atoms with E-state index in [0.29, 0.717) is 5.92 Å². The zero-order valence-electron chi connectivity index (χ0n) is 12.2. The van der Waals surface area contributed by atoms with Crippen LogP contribution in [0.5, 0.6) is 0 Å². The van der Waals surface area contributed by atoms with Crippen LogP contribution >= 0.6 is 0 Å². The molecule has 1 fully saturated rings. The van der Waals surface area contributed by atoms with Gasteiger partial charge in [-0.3, -0.25) is 0 Å². The number of hydrogen-bond donors (Lipinski definition) is 1. The second-order valence-corrected chi connectivity index (χ2v) is 5.42. The minimum absolute atomic E-state index is 0.680. The smallest absolute Gasteiger partial charge is 0.226 e. The fourth-order valence-electron chi connectivity index (χ4n) is 2.75. The highest BCUT2D eigenvalue weighted by molar-refractivity contribution is 4.89. The van der Waals surface area contributed by atoms with Gasteiger partial charge in [-0.2, -0.15) is 4.98 Å². The van der Waals surface area contributed by atoms with E-state index in [0.717, 1.165) is 44.1 Å². The fraction of sp³-hybridized carbons (Fsp3) is 0.857. The number of nitrogens with one attached hydrogen (secondary N) is 1. The Hall–Kier alpha value is -0.940. The molecule has 19 heavy (non-hydrogen) atoms. The topological polar surface area (TPSA) is 54.2 Å². The molecule has 0 bridgehead atoms. The molecular weight excluding hydrogens is 240 g/mol. The molecule has 5 heteroatoms. The van der Waals surface area contributed by atoms with E-state index in [1.54, 1.807) is 0 Å². The number of aromatic nitrogens is 2. The zero-order chi connectivity index (χ0) is 13.5. The average Bonchev–Trinajstić information content (AvgIpc) is 2.87. The standard InChI is InChI=1S/C14H26N4O/c1-3-18-9-5-6-12(11-18)10-14-16-13(17-19-14)7-4-8-15-2/h12,15H,3-11H2,1-2H3. The summed E-state index contributed by atoms with van der Waals surface area (Å²) in [7, 11) is 1.96. The maximum Gasteiger partial charge on any atom is 0.226 e. The van der Waals surface area contributed by atoms with E-state index < -0.39 is 0 Å². The van der Waals surface area contributed by atoms with Gasteiger partial charge in [0.15, 0.2) is 5.82 Å². The van der Waals surface area contributed by atoms with Crippen LogP contribution in [0, 0.1) is 5.92 Å². The third-order valence-electron chi connectivity index (χ3n) is 3.85. The van der Waals surface area contributed by atoms with Gasteiger partial charge in [0.25, 0.3) is 0 Å². The molecule has 1 N–H and O–H groups in total. The normalized spacial score (nSPS) is 20.8. The summed E-state index contributed by atoms with van der Waals surface area (Å²) in [5, 5.41) is 7.20. The largest absolute Gasteiger partial charge is 0.339 e. The van der Waals surface area contributed by atoms with Crippen molar-refractivity contribution in [2.45, 2.75) is 39.0 Å². The summed E-state index contributed by atoms with van der Waals surface area (Å²) < 4.78 is 5.37. The number of rotatable bonds is 7. The second kappa shape index (κ2) is 7.60. The molecule has 0 aromatic carbocycles. The number of nitrogens with zero attached hydrogens (tertiary/aromatic N) is 3. The Morgan fingerprint density at radius 2 is 2.37 bits per heavy atom. The van der Waals surface area contributed by atoms with Gasteiger partial charge < -0.3 is 14.7 Å². The Morgan fingerprint density at radius 1 is 1.47 bits per heavy atom. The Labute approximate surface area is 115 Å².